The third-order valence-electron chi connectivity index (χ3n) is 6.13. The molecular weight excluding hydrogens is 543 g/mol. The van der Waals surface area contributed by atoms with Crippen LogP contribution in [0.1, 0.15) is 33.4 Å². The van der Waals surface area contributed by atoms with Crippen LogP contribution >= 0.6 is 7.75 Å². The maximum Gasteiger partial charge on any atom is 0.459 e. The van der Waals surface area contributed by atoms with Gasteiger partial charge in [0.05, 0.1) is 18.4 Å². The van der Waals surface area contributed by atoms with E-state index in [1.165, 1.54) is 42.9 Å². The summed E-state index contributed by atoms with van der Waals surface area (Å²) in [6.45, 7) is 5.63. The molecule has 40 heavy (non-hydrogen) atoms. The number of nitriles is 1. The van der Waals surface area contributed by atoms with E-state index in [-0.39, 0.29) is 17.3 Å². The molecule has 3 aromatic rings. The number of fused-ring (bicyclic) bond motifs is 1. The van der Waals surface area contributed by atoms with Crippen LogP contribution < -0.4 is 15.3 Å². The highest BCUT2D eigenvalue weighted by Gasteiger charge is 2.58. The van der Waals surface area contributed by atoms with Gasteiger partial charge in [-0.1, -0.05) is 18.2 Å². The van der Waals surface area contributed by atoms with Crippen molar-refractivity contribution >= 4 is 25.1 Å². The van der Waals surface area contributed by atoms with E-state index in [0.717, 1.165) is 0 Å². The summed E-state index contributed by atoms with van der Waals surface area (Å²) < 4.78 is 37.7. The van der Waals surface area contributed by atoms with Gasteiger partial charge in [0.1, 0.15) is 47.5 Å². The lowest BCUT2D eigenvalue weighted by atomic mass is 9.92. The van der Waals surface area contributed by atoms with Crippen LogP contribution in [0, 0.1) is 11.3 Å². The van der Waals surface area contributed by atoms with Gasteiger partial charge in [-0.2, -0.15) is 15.4 Å². The molecule has 15 heteroatoms. The van der Waals surface area contributed by atoms with Crippen LogP contribution in [0.4, 0.5) is 5.82 Å². The molecule has 1 fully saturated rings. The molecule has 14 nitrogen and oxygen atoms in total. The number of rotatable bonds is 10. The number of nitrogens with one attached hydrogen (secondary N) is 1. The number of esters is 1. The lowest BCUT2D eigenvalue weighted by molar-refractivity contribution is -0.153. The average Bonchev–Trinajstić information content (AvgIpc) is 3.43. The molecule has 0 radical (unpaired) electrons. The topological polar surface area (TPSA) is 204 Å². The highest BCUT2D eigenvalue weighted by Crippen LogP contribution is 2.48. The minimum atomic E-state index is -4.36. The van der Waals surface area contributed by atoms with Gasteiger partial charge in [0.2, 0.25) is 5.60 Å². The van der Waals surface area contributed by atoms with Gasteiger partial charge in [-0.3, -0.25) is 9.32 Å². The molecule has 1 saturated heterocycles. The fraction of sp³-hybridized carbons (Fsp3) is 0.440. The highest BCUT2D eigenvalue weighted by molar-refractivity contribution is 7.52. The Bertz CT molecular complexity index is 1460. The number of anilines is 1. The highest BCUT2D eigenvalue weighted by atomic mass is 31.2. The maximum absolute atomic E-state index is 13.9. The quantitative estimate of drug-likeness (QED) is 0.201. The number of aromatic nitrogens is 3. The van der Waals surface area contributed by atoms with E-state index >= 15 is 0 Å². The number of nitrogen functional groups attached to an aromatic ring is 1. The van der Waals surface area contributed by atoms with Gasteiger partial charge in [0.25, 0.3) is 0 Å². The number of nitrogens with zero attached hydrogens (tertiary/aromatic N) is 4. The molecule has 1 aliphatic rings. The van der Waals surface area contributed by atoms with Gasteiger partial charge < -0.3 is 29.9 Å². The van der Waals surface area contributed by atoms with Crippen molar-refractivity contribution < 1.29 is 38.1 Å². The lowest BCUT2D eigenvalue weighted by Crippen LogP contribution is -2.48. The second-order valence-electron chi connectivity index (χ2n) is 9.99. The van der Waals surface area contributed by atoms with Crippen LogP contribution in [0.2, 0.25) is 0 Å². The van der Waals surface area contributed by atoms with E-state index in [1.54, 1.807) is 38.1 Å². The fourth-order valence-corrected chi connectivity index (χ4v) is 5.85. The summed E-state index contributed by atoms with van der Waals surface area (Å²) in [6, 6.07) is 13.0. The third kappa shape index (κ3) is 5.66. The summed E-state index contributed by atoms with van der Waals surface area (Å²) in [5.74, 6) is -0.408. The Morgan fingerprint density at radius 1 is 1.30 bits per heavy atom. The zero-order valence-electron chi connectivity index (χ0n) is 22.3. The molecule has 0 spiro atoms. The van der Waals surface area contributed by atoms with Crippen LogP contribution in [-0.4, -0.2) is 67.3 Å². The predicted molar refractivity (Wildman–Crippen MR) is 141 cm³/mol. The average molecular weight is 575 g/mol. The Labute approximate surface area is 230 Å². The number of aliphatic hydroxyl groups excluding tert-OH is 2. The normalized spacial score (nSPS) is 24.5. The molecule has 0 amide bonds. The van der Waals surface area contributed by atoms with Gasteiger partial charge in [-0.25, -0.2) is 14.1 Å². The molecule has 214 valence electrons. The van der Waals surface area contributed by atoms with Crippen molar-refractivity contribution in [2.75, 3.05) is 12.3 Å². The zero-order valence-corrected chi connectivity index (χ0v) is 23.2. The van der Waals surface area contributed by atoms with E-state index in [0.29, 0.717) is 5.52 Å². The number of hydrogen-bond acceptors (Lipinski definition) is 12. The molecular formula is C25H31N6O8P. The van der Waals surface area contributed by atoms with Gasteiger partial charge >= 0.3 is 13.7 Å². The Morgan fingerprint density at radius 3 is 2.65 bits per heavy atom. The Morgan fingerprint density at radius 2 is 2.00 bits per heavy atom. The minimum absolute atomic E-state index is 0.0903. The van der Waals surface area contributed by atoms with Gasteiger partial charge in [-0.15, -0.1) is 0 Å². The molecule has 2 aromatic heterocycles. The number of carbonyl (C=O) groups is 1. The first kappa shape index (κ1) is 29.4. The standard InChI is InChI=1S/C25H31N6O8P/c1-15(2)37-23(34)24(3,4)30-40(35,39-16-8-6-5-7-9-16)36-12-18-20(32)21(33)25(13-26,38-18)19-11-10-17-22(27)28-14-29-31(17)19/h5-11,14-15,18,20-21,32-33H,12H2,1-4H3,(H,30,35)(H2,27,28,29)/t18-,20?,21-,25+,40?/m1/s1. The van der Waals surface area contributed by atoms with Crippen molar-refractivity contribution in [3.8, 4) is 11.8 Å². The van der Waals surface area contributed by atoms with Crippen molar-refractivity contribution in [2.45, 2.75) is 63.3 Å². The van der Waals surface area contributed by atoms with Crippen molar-refractivity contribution in [2.24, 2.45) is 0 Å². The number of nitrogens with two attached hydrogens (primary N) is 1. The summed E-state index contributed by atoms with van der Waals surface area (Å²) in [6.07, 6.45) is -4.00. The molecule has 0 bridgehead atoms. The third-order valence-corrected chi connectivity index (χ3v) is 7.91. The number of hydrogen-bond donors (Lipinski definition) is 4. The minimum Gasteiger partial charge on any atom is -0.462 e. The molecule has 3 heterocycles. The summed E-state index contributed by atoms with van der Waals surface area (Å²) in [4.78, 5) is 16.6. The molecule has 5 N–H and O–H groups in total. The lowest BCUT2D eigenvalue weighted by Gasteiger charge is -2.30. The Hall–Kier alpha value is -3.57. The van der Waals surface area contributed by atoms with E-state index in [9.17, 15) is 24.8 Å². The molecule has 1 aliphatic heterocycles. The van der Waals surface area contributed by atoms with Crippen molar-refractivity contribution in [3.63, 3.8) is 0 Å². The zero-order chi connectivity index (χ0) is 29.3. The number of para-hydroxylation sites is 1. The van der Waals surface area contributed by atoms with Gasteiger partial charge in [0.15, 0.2) is 5.82 Å². The summed E-state index contributed by atoms with van der Waals surface area (Å²) in [7, 11) is -4.36. The molecule has 0 aliphatic carbocycles. The number of carbonyl (C=O) groups excluding carboxylic acids is 1. The SMILES string of the molecule is CC(C)OC(=O)C(C)(C)NP(=O)(OC[C@H]1O[C@@](C#N)(c2ccc3c(N)ncnn23)[C@H](O)C1O)Oc1ccccc1. The predicted octanol–water partition coefficient (Wildman–Crippen LogP) is 1.67. The molecule has 1 aromatic carbocycles. The van der Waals surface area contributed by atoms with Crippen LogP contribution in [-0.2, 0) is 29.0 Å². The first-order valence-corrected chi connectivity index (χ1v) is 13.9. The first-order valence-electron chi connectivity index (χ1n) is 12.4. The van der Waals surface area contributed by atoms with Crippen LogP contribution in [0.25, 0.3) is 5.52 Å². The fourth-order valence-electron chi connectivity index (χ4n) is 4.17. The van der Waals surface area contributed by atoms with Crippen molar-refractivity contribution in [1.82, 2.24) is 19.7 Å². The van der Waals surface area contributed by atoms with Crippen molar-refractivity contribution in [1.29, 1.82) is 5.26 Å². The smallest absolute Gasteiger partial charge is 0.459 e. The summed E-state index contributed by atoms with van der Waals surface area (Å²) >= 11 is 0. The van der Waals surface area contributed by atoms with E-state index < -0.39 is 55.9 Å². The van der Waals surface area contributed by atoms with Crippen molar-refractivity contribution in [3.05, 3.63) is 54.5 Å². The number of aliphatic hydroxyl groups is 2. The van der Waals surface area contributed by atoms with E-state index in [2.05, 4.69) is 15.2 Å². The van der Waals surface area contributed by atoms with Crippen LogP contribution in [0.5, 0.6) is 5.75 Å². The van der Waals surface area contributed by atoms with E-state index in [4.69, 9.17) is 24.3 Å². The Balaban J connectivity index is 1.60. The van der Waals surface area contributed by atoms with Crippen LogP contribution in [0.15, 0.2) is 48.8 Å². The maximum atomic E-state index is 13.9. The summed E-state index contributed by atoms with van der Waals surface area (Å²) in [5.41, 5.74) is 2.73. The summed E-state index contributed by atoms with van der Waals surface area (Å²) in [5, 5.41) is 38.6. The number of ether oxygens (including phenoxy) is 2. The molecule has 5 atom stereocenters. The van der Waals surface area contributed by atoms with Crippen LogP contribution in [0.3, 0.4) is 0 Å². The van der Waals surface area contributed by atoms with Gasteiger partial charge in [0, 0.05) is 0 Å². The molecule has 2 unspecified atom stereocenters. The monoisotopic (exact) mass is 574 g/mol. The first-order chi connectivity index (χ1) is 18.8. The Kier molecular flexibility index (Phi) is 8.18. The number of benzene rings is 1. The van der Waals surface area contributed by atoms with E-state index in [1.807, 2.05) is 6.07 Å². The van der Waals surface area contributed by atoms with Gasteiger partial charge in [-0.05, 0) is 52.0 Å². The largest absolute Gasteiger partial charge is 0.462 e. The second kappa shape index (κ2) is 11.1. The second-order valence-corrected chi connectivity index (χ2v) is 11.6. The molecule has 4 rings (SSSR count). The molecule has 0 saturated carbocycles.